The van der Waals surface area contributed by atoms with E-state index in [0.717, 1.165) is 49.4 Å². The first-order chi connectivity index (χ1) is 11.3. The number of piperazine rings is 1. The normalized spacial score (nSPS) is 20.1. The van der Waals surface area contributed by atoms with Crippen LogP contribution in [-0.2, 0) is 13.0 Å². The number of ether oxygens (including phenoxy) is 1. The predicted octanol–water partition coefficient (Wildman–Crippen LogP) is 3.35. The van der Waals surface area contributed by atoms with E-state index in [2.05, 4.69) is 49.3 Å². The number of nitrogens with one attached hydrogen (secondary N) is 1. The molecule has 0 spiro atoms. The molecule has 2 aliphatic rings. The van der Waals surface area contributed by atoms with Crippen LogP contribution in [0.2, 0.25) is 0 Å². The van der Waals surface area contributed by atoms with Crippen LogP contribution in [0.15, 0.2) is 41.1 Å². The average Bonchev–Trinajstić information content (AvgIpc) is 3.04. The summed E-state index contributed by atoms with van der Waals surface area (Å²) in [5.74, 6) is 1.09. The van der Waals surface area contributed by atoms with Crippen molar-refractivity contribution in [2.75, 3.05) is 26.2 Å². The van der Waals surface area contributed by atoms with Crippen LogP contribution in [0.25, 0.3) is 0 Å². The first-order valence-electron chi connectivity index (χ1n) is 8.10. The third-order valence-electron chi connectivity index (χ3n) is 4.62. The van der Waals surface area contributed by atoms with Crippen molar-refractivity contribution in [3.05, 3.63) is 57.8 Å². The smallest absolute Gasteiger partial charge is 0.127 e. The van der Waals surface area contributed by atoms with Crippen LogP contribution in [0.1, 0.15) is 22.7 Å². The average molecular weight is 411 g/mol. The summed E-state index contributed by atoms with van der Waals surface area (Å²) in [6.45, 7) is 4.72. The Morgan fingerprint density at radius 1 is 1.38 bits per heavy atom. The first-order valence-corrected chi connectivity index (χ1v) is 8.89. The molecule has 4 nitrogen and oxygen atoms in total. The Morgan fingerprint density at radius 3 is 3.12 bits per heavy atom. The monoisotopic (exact) mass is 409 g/mol. The molecule has 24 heavy (non-hydrogen) atoms. The molecule has 1 aromatic heterocycles. The van der Waals surface area contributed by atoms with Crippen LogP contribution in [0.5, 0.6) is 5.75 Å². The maximum Gasteiger partial charge on any atom is 0.127 e. The van der Waals surface area contributed by atoms with Crippen molar-refractivity contribution in [1.29, 1.82) is 0 Å². The molecule has 1 saturated heterocycles. The molecule has 0 amide bonds. The molecule has 1 N–H and O–H groups in total. The molecular weight excluding hydrogens is 390 g/mol. The Balaban J connectivity index is 0.00000169. The standard InChI is InChI=1S/C18H20BrN3O.ClH/c19-16-8-13-3-7-23-18(13)15(9-16)12-22-6-5-21-11-17(22)14-2-1-4-20-10-14;/h1-2,4,8-10,17,21H,3,5-7,11-12H2;1H. The fourth-order valence-electron chi connectivity index (χ4n) is 3.52. The van der Waals surface area contributed by atoms with Crippen LogP contribution < -0.4 is 10.1 Å². The second-order valence-electron chi connectivity index (χ2n) is 6.13. The number of hydrogen-bond donors (Lipinski definition) is 1. The minimum atomic E-state index is 0. The fraction of sp³-hybridized carbons (Fsp3) is 0.389. The molecule has 3 heterocycles. The maximum absolute atomic E-state index is 5.89. The van der Waals surface area contributed by atoms with Gasteiger partial charge in [0.25, 0.3) is 0 Å². The highest BCUT2D eigenvalue weighted by atomic mass is 79.9. The van der Waals surface area contributed by atoms with E-state index in [1.54, 1.807) is 0 Å². The van der Waals surface area contributed by atoms with E-state index >= 15 is 0 Å². The summed E-state index contributed by atoms with van der Waals surface area (Å²) in [5.41, 5.74) is 3.87. The summed E-state index contributed by atoms with van der Waals surface area (Å²) in [6, 6.07) is 8.92. The number of benzene rings is 1. The number of pyridine rings is 1. The fourth-order valence-corrected chi connectivity index (χ4v) is 4.07. The van der Waals surface area contributed by atoms with E-state index in [0.29, 0.717) is 6.04 Å². The molecule has 6 heteroatoms. The van der Waals surface area contributed by atoms with E-state index in [-0.39, 0.29) is 12.4 Å². The quantitative estimate of drug-likeness (QED) is 0.842. The summed E-state index contributed by atoms with van der Waals surface area (Å²) < 4.78 is 7.03. The lowest BCUT2D eigenvalue weighted by molar-refractivity contribution is 0.152. The summed E-state index contributed by atoms with van der Waals surface area (Å²) in [5, 5.41) is 3.50. The topological polar surface area (TPSA) is 37.4 Å². The van der Waals surface area contributed by atoms with Gasteiger partial charge in [-0.05, 0) is 29.3 Å². The summed E-state index contributed by atoms with van der Waals surface area (Å²) in [4.78, 5) is 6.81. The third-order valence-corrected chi connectivity index (χ3v) is 5.08. The molecule has 1 atom stereocenters. The van der Waals surface area contributed by atoms with Crippen molar-refractivity contribution in [3.63, 3.8) is 0 Å². The highest BCUT2D eigenvalue weighted by Gasteiger charge is 2.26. The molecule has 0 bridgehead atoms. The largest absolute Gasteiger partial charge is 0.493 e. The number of fused-ring (bicyclic) bond motifs is 1. The van der Waals surface area contributed by atoms with Gasteiger partial charge in [0.1, 0.15) is 5.75 Å². The van der Waals surface area contributed by atoms with E-state index in [9.17, 15) is 0 Å². The molecular formula is C18H21BrClN3O. The van der Waals surface area contributed by atoms with Gasteiger partial charge in [0.15, 0.2) is 0 Å². The van der Waals surface area contributed by atoms with Crippen molar-refractivity contribution in [3.8, 4) is 5.75 Å². The predicted molar refractivity (Wildman–Crippen MR) is 101 cm³/mol. The number of aromatic nitrogens is 1. The van der Waals surface area contributed by atoms with Crippen LogP contribution in [0.3, 0.4) is 0 Å². The molecule has 1 aromatic carbocycles. The summed E-state index contributed by atoms with van der Waals surface area (Å²) in [7, 11) is 0. The molecule has 0 aliphatic carbocycles. The van der Waals surface area contributed by atoms with Gasteiger partial charge in [0, 0.05) is 61.1 Å². The molecule has 0 saturated carbocycles. The minimum absolute atomic E-state index is 0. The zero-order valence-electron chi connectivity index (χ0n) is 13.4. The van der Waals surface area contributed by atoms with Crippen LogP contribution in [0, 0.1) is 0 Å². The van der Waals surface area contributed by atoms with Crippen molar-refractivity contribution in [2.24, 2.45) is 0 Å². The number of rotatable bonds is 3. The van der Waals surface area contributed by atoms with Crippen LogP contribution in [-0.4, -0.2) is 36.1 Å². The van der Waals surface area contributed by atoms with E-state index in [1.807, 2.05) is 18.5 Å². The third kappa shape index (κ3) is 3.59. The zero-order valence-corrected chi connectivity index (χ0v) is 15.8. The molecule has 1 unspecified atom stereocenters. The molecule has 0 radical (unpaired) electrons. The van der Waals surface area contributed by atoms with Crippen LogP contribution >= 0.6 is 28.3 Å². The summed E-state index contributed by atoms with van der Waals surface area (Å²) >= 11 is 3.64. The van der Waals surface area contributed by atoms with Crippen molar-refractivity contribution >= 4 is 28.3 Å². The van der Waals surface area contributed by atoms with Crippen molar-refractivity contribution < 1.29 is 4.74 Å². The van der Waals surface area contributed by atoms with E-state index < -0.39 is 0 Å². The van der Waals surface area contributed by atoms with Crippen LogP contribution in [0.4, 0.5) is 0 Å². The Morgan fingerprint density at radius 2 is 2.29 bits per heavy atom. The van der Waals surface area contributed by atoms with Gasteiger partial charge >= 0.3 is 0 Å². The lowest BCUT2D eigenvalue weighted by Gasteiger charge is -2.36. The molecule has 2 aliphatic heterocycles. The zero-order chi connectivity index (χ0) is 15.6. The van der Waals surface area contributed by atoms with Gasteiger partial charge in [-0.2, -0.15) is 0 Å². The Bertz CT molecular complexity index is 698. The van der Waals surface area contributed by atoms with Gasteiger partial charge in [-0.1, -0.05) is 22.0 Å². The second kappa shape index (κ2) is 7.83. The number of hydrogen-bond acceptors (Lipinski definition) is 4. The lowest BCUT2D eigenvalue weighted by atomic mass is 10.0. The minimum Gasteiger partial charge on any atom is -0.493 e. The Hall–Kier alpha value is -1.14. The molecule has 1 fully saturated rings. The Labute approximate surface area is 157 Å². The Kier molecular flexibility index (Phi) is 5.76. The van der Waals surface area contributed by atoms with Crippen molar-refractivity contribution in [1.82, 2.24) is 15.2 Å². The van der Waals surface area contributed by atoms with Gasteiger partial charge in [-0.15, -0.1) is 12.4 Å². The highest BCUT2D eigenvalue weighted by molar-refractivity contribution is 9.10. The number of nitrogens with zero attached hydrogens (tertiary/aromatic N) is 2. The SMILES string of the molecule is Brc1cc2c(c(CN3CCNCC3c3cccnc3)c1)OCC2.Cl. The molecule has 4 rings (SSSR count). The maximum atomic E-state index is 5.89. The van der Waals surface area contributed by atoms with Gasteiger partial charge < -0.3 is 10.1 Å². The first kappa shape index (κ1) is 17.7. The lowest BCUT2D eigenvalue weighted by Crippen LogP contribution is -2.45. The van der Waals surface area contributed by atoms with Crippen molar-refractivity contribution in [2.45, 2.75) is 19.0 Å². The van der Waals surface area contributed by atoms with Gasteiger partial charge in [-0.25, -0.2) is 0 Å². The molecule has 128 valence electrons. The van der Waals surface area contributed by atoms with Gasteiger partial charge in [0.05, 0.1) is 6.61 Å². The highest BCUT2D eigenvalue weighted by Crippen LogP contribution is 2.35. The summed E-state index contributed by atoms with van der Waals surface area (Å²) in [6.07, 6.45) is 4.82. The number of halogens is 2. The van der Waals surface area contributed by atoms with E-state index in [1.165, 1.54) is 16.7 Å². The van der Waals surface area contributed by atoms with Gasteiger partial charge in [0.2, 0.25) is 0 Å². The van der Waals surface area contributed by atoms with Gasteiger partial charge in [-0.3, -0.25) is 9.88 Å². The second-order valence-corrected chi connectivity index (χ2v) is 7.04. The van der Waals surface area contributed by atoms with E-state index in [4.69, 9.17) is 4.74 Å². The molecule has 2 aromatic rings.